The second-order valence-corrected chi connectivity index (χ2v) is 5.87. The molecule has 0 bridgehead atoms. The van der Waals surface area contributed by atoms with Crippen LogP contribution in [-0.2, 0) is 4.79 Å². The number of hydrogen-bond acceptors (Lipinski definition) is 3. The highest BCUT2D eigenvalue weighted by molar-refractivity contribution is 6.31. The minimum Gasteiger partial charge on any atom is -0.491 e. The van der Waals surface area contributed by atoms with Gasteiger partial charge < -0.3 is 15.4 Å². The Hall–Kier alpha value is -0.970. The Morgan fingerprint density at radius 2 is 2.32 bits per heavy atom. The Labute approximate surface area is 143 Å². The van der Waals surface area contributed by atoms with Crippen LogP contribution in [0, 0.1) is 5.92 Å². The molecule has 1 fully saturated rings. The van der Waals surface area contributed by atoms with Crippen molar-refractivity contribution in [1.82, 2.24) is 5.32 Å². The molecule has 1 aliphatic heterocycles. The molecule has 22 heavy (non-hydrogen) atoms. The normalized spacial score (nSPS) is 16.9. The largest absolute Gasteiger partial charge is 0.491 e. The molecule has 1 atom stereocenters. The van der Waals surface area contributed by atoms with Crippen molar-refractivity contribution in [2.45, 2.75) is 32.6 Å². The minimum atomic E-state index is 0. The van der Waals surface area contributed by atoms with Crippen LogP contribution in [0.4, 0.5) is 5.69 Å². The molecule has 124 valence electrons. The molecule has 0 spiro atoms. The van der Waals surface area contributed by atoms with Crippen LogP contribution >= 0.6 is 24.0 Å². The fourth-order valence-corrected chi connectivity index (χ4v) is 2.62. The molecule has 1 saturated heterocycles. The zero-order valence-electron chi connectivity index (χ0n) is 12.9. The molecule has 1 aromatic rings. The van der Waals surface area contributed by atoms with Crippen molar-refractivity contribution < 1.29 is 9.53 Å². The molecule has 4 nitrogen and oxygen atoms in total. The Kier molecular flexibility index (Phi) is 8.61. The number of amides is 1. The number of rotatable bonds is 7. The van der Waals surface area contributed by atoms with Gasteiger partial charge in [-0.3, -0.25) is 4.79 Å². The van der Waals surface area contributed by atoms with Gasteiger partial charge in [0.05, 0.1) is 12.3 Å². The van der Waals surface area contributed by atoms with Crippen LogP contribution in [0.2, 0.25) is 5.02 Å². The molecule has 0 aromatic heterocycles. The van der Waals surface area contributed by atoms with Gasteiger partial charge in [-0.05, 0) is 56.5 Å². The van der Waals surface area contributed by atoms with E-state index >= 15 is 0 Å². The summed E-state index contributed by atoms with van der Waals surface area (Å²) in [6, 6.07) is 5.31. The number of carbonyl (C=O) groups excluding carboxylic acids is 1. The van der Waals surface area contributed by atoms with Gasteiger partial charge in [-0.1, -0.05) is 18.5 Å². The topological polar surface area (TPSA) is 50.4 Å². The summed E-state index contributed by atoms with van der Waals surface area (Å²) in [6.45, 7) is 4.76. The second kappa shape index (κ2) is 9.93. The molecule has 1 heterocycles. The van der Waals surface area contributed by atoms with Crippen LogP contribution < -0.4 is 15.4 Å². The van der Waals surface area contributed by atoms with Crippen LogP contribution in [0.5, 0.6) is 5.75 Å². The van der Waals surface area contributed by atoms with E-state index in [2.05, 4.69) is 10.6 Å². The standard InChI is InChI=1S/C16H23ClN2O2.ClH/c1-2-9-21-15-5-4-13(17)10-14(15)19-16(20)6-3-12-7-8-18-11-12;/h4-5,10,12,18H,2-3,6-9,11H2,1H3,(H,19,20);1H. The van der Waals surface area contributed by atoms with Crippen molar-refractivity contribution in [3.8, 4) is 5.75 Å². The summed E-state index contributed by atoms with van der Waals surface area (Å²) < 4.78 is 5.64. The predicted molar refractivity (Wildman–Crippen MR) is 93.3 cm³/mol. The third-order valence-electron chi connectivity index (χ3n) is 3.62. The first-order chi connectivity index (χ1) is 10.2. The molecule has 1 aliphatic rings. The number of ether oxygens (including phenoxy) is 1. The summed E-state index contributed by atoms with van der Waals surface area (Å²) in [5.41, 5.74) is 0.658. The second-order valence-electron chi connectivity index (χ2n) is 5.43. The van der Waals surface area contributed by atoms with E-state index in [4.69, 9.17) is 16.3 Å². The third-order valence-corrected chi connectivity index (χ3v) is 3.85. The lowest BCUT2D eigenvalue weighted by Crippen LogP contribution is -2.15. The molecule has 0 radical (unpaired) electrons. The summed E-state index contributed by atoms with van der Waals surface area (Å²) in [5, 5.41) is 6.82. The maximum atomic E-state index is 12.1. The van der Waals surface area contributed by atoms with Gasteiger partial charge in [-0.25, -0.2) is 0 Å². The summed E-state index contributed by atoms with van der Waals surface area (Å²) >= 11 is 6.00. The van der Waals surface area contributed by atoms with E-state index < -0.39 is 0 Å². The summed E-state index contributed by atoms with van der Waals surface area (Å²) in [5.74, 6) is 1.31. The van der Waals surface area contributed by atoms with E-state index in [1.165, 1.54) is 0 Å². The van der Waals surface area contributed by atoms with E-state index in [-0.39, 0.29) is 18.3 Å². The first kappa shape index (κ1) is 19.1. The predicted octanol–water partition coefficient (Wildman–Crippen LogP) is 3.88. The monoisotopic (exact) mass is 346 g/mol. The van der Waals surface area contributed by atoms with E-state index in [1.807, 2.05) is 6.92 Å². The lowest BCUT2D eigenvalue weighted by molar-refractivity contribution is -0.116. The van der Waals surface area contributed by atoms with Crippen LogP contribution in [0.3, 0.4) is 0 Å². The SMILES string of the molecule is CCCOc1ccc(Cl)cc1NC(=O)CCC1CCNC1.Cl. The van der Waals surface area contributed by atoms with Crippen molar-refractivity contribution in [2.75, 3.05) is 25.0 Å². The van der Waals surface area contributed by atoms with Crippen molar-refractivity contribution >= 4 is 35.6 Å². The smallest absolute Gasteiger partial charge is 0.224 e. The maximum absolute atomic E-state index is 12.1. The Morgan fingerprint density at radius 3 is 3.00 bits per heavy atom. The average molecular weight is 347 g/mol. The summed E-state index contributed by atoms with van der Waals surface area (Å²) in [4.78, 5) is 12.1. The number of halogens is 2. The summed E-state index contributed by atoms with van der Waals surface area (Å²) in [6.07, 6.45) is 3.54. The number of benzene rings is 1. The van der Waals surface area contributed by atoms with Crippen LogP contribution in [0.25, 0.3) is 0 Å². The fourth-order valence-electron chi connectivity index (χ4n) is 2.45. The van der Waals surface area contributed by atoms with Crippen molar-refractivity contribution in [3.05, 3.63) is 23.2 Å². The number of anilines is 1. The van der Waals surface area contributed by atoms with Gasteiger partial charge in [0.25, 0.3) is 0 Å². The Morgan fingerprint density at radius 1 is 1.50 bits per heavy atom. The van der Waals surface area contributed by atoms with Gasteiger partial charge in [-0.15, -0.1) is 12.4 Å². The molecule has 1 aromatic carbocycles. The lowest BCUT2D eigenvalue weighted by Gasteiger charge is -2.13. The fraction of sp³-hybridized carbons (Fsp3) is 0.562. The van der Waals surface area contributed by atoms with Gasteiger partial charge in [0.2, 0.25) is 5.91 Å². The van der Waals surface area contributed by atoms with E-state index in [9.17, 15) is 4.79 Å². The molecule has 0 aliphatic carbocycles. The van der Waals surface area contributed by atoms with Crippen molar-refractivity contribution in [3.63, 3.8) is 0 Å². The van der Waals surface area contributed by atoms with Crippen LogP contribution in [0.1, 0.15) is 32.6 Å². The molecule has 0 saturated carbocycles. The molecular weight excluding hydrogens is 323 g/mol. The quantitative estimate of drug-likeness (QED) is 0.787. The molecule has 1 amide bonds. The van der Waals surface area contributed by atoms with E-state index in [0.29, 0.717) is 35.4 Å². The van der Waals surface area contributed by atoms with Crippen molar-refractivity contribution in [2.24, 2.45) is 5.92 Å². The van der Waals surface area contributed by atoms with Gasteiger partial charge in [-0.2, -0.15) is 0 Å². The Bertz CT molecular complexity index is 477. The van der Waals surface area contributed by atoms with Crippen LogP contribution in [-0.4, -0.2) is 25.6 Å². The molecule has 2 rings (SSSR count). The van der Waals surface area contributed by atoms with Gasteiger partial charge in [0.1, 0.15) is 5.75 Å². The van der Waals surface area contributed by atoms with Crippen molar-refractivity contribution in [1.29, 1.82) is 0 Å². The zero-order chi connectivity index (χ0) is 15.1. The first-order valence-corrected chi connectivity index (χ1v) is 7.99. The van der Waals surface area contributed by atoms with Gasteiger partial charge >= 0.3 is 0 Å². The third kappa shape index (κ3) is 6.03. The lowest BCUT2D eigenvalue weighted by atomic mass is 10.0. The Balaban J connectivity index is 0.00000242. The summed E-state index contributed by atoms with van der Waals surface area (Å²) in [7, 11) is 0. The highest BCUT2D eigenvalue weighted by Crippen LogP contribution is 2.28. The average Bonchev–Trinajstić information content (AvgIpc) is 2.98. The first-order valence-electron chi connectivity index (χ1n) is 7.62. The van der Waals surface area contributed by atoms with E-state index in [0.717, 1.165) is 32.4 Å². The number of nitrogens with one attached hydrogen (secondary N) is 2. The molecule has 1 unspecified atom stereocenters. The van der Waals surface area contributed by atoms with Crippen LogP contribution in [0.15, 0.2) is 18.2 Å². The molecule has 2 N–H and O–H groups in total. The van der Waals surface area contributed by atoms with Gasteiger partial charge in [0, 0.05) is 11.4 Å². The zero-order valence-corrected chi connectivity index (χ0v) is 14.4. The molecular formula is C16H24Cl2N2O2. The minimum absolute atomic E-state index is 0. The number of hydrogen-bond donors (Lipinski definition) is 2. The number of carbonyl (C=O) groups is 1. The molecule has 6 heteroatoms. The van der Waals surface area contributed by atoms with Gasteiger partial charge in [0.15, 0.2) is 0 Å². The van der Waals surface area contributed by atoms with E-state index in [1.54, 1.807) is 18.2 Å². The maximum Gasteiger partial charge on any atom is 0.224 e. The highest BCUT2D eigenvalue weighted by Gasteiger charge is 2.16. The highest BCUT2D eigenvalue weighted by atomic mass is 35.5.